The maximum Gasteiger partial charge on any atom is 0.220 e. The summed E-state index contributed by atoms with van der Waals surface area (Å²) in [7, 11) is 0. The van der Waals surface area contributed by atoms with E-state index in [1.54, 1.807) is 0 Å². The lowest BCUT2D eigenvalue weighted by Gasteiger charge is -2.37. The molecule has 2 nitrogen and oxygen atoms in total. The Bertz CT molecular complexity index is 259. The molecule has 0 radical (unpaired) electrons. The van der Waals surface area contributed by atoms with E-state index in [2.05, 4.69) is 20.4 Å². The molecular weight excluding hydrogens is 186 g/mol. The molecule has 15 heavy (non-hydrogen) atoms. The van der Waals surface area contributed by atoms with Crippen molar-refractivity contribution in [3.8, 4) is 0 Å². The van der Waals surface area contributed by atoms with Crippen molar-refractivity contribution in [3.05, 3.63) is 12.2 Å². The van der Waals surface area contributed by atoms with E-state index in [1.165, 1.54) is 18.4 Å². The molecule has 0 bridgehead atoms. The highest BCUT2D eigenvalue weighted by Gasteiger charge is 2.34. The van der Waals surface area contributed by atoms with Crippen molar-refractivity contribution < 1.29 is 4.79 Å². The molecule has 2 heteroatoms. The van der Waals surface area contributed by atoms with Crippen LogP contribution in [0.2, 0.25) is 0 Å². The third-order valence-corrected chi connectivity index (χ3v) is 3.89. The summed E-state index contributed by atoms with van der Waals surface area (Å²) in [6.45, 7) is 10.3. The van der Waals surface area contributed by atoms with Crippen LogP contribution in [0.4, 0.5) is 0 Å². The van der Waals surface area contributed by atoms with Crippen molar-refractivity contribution in [1.29, 1.82) is 0 Å². The van der Waals surface area contributed by atoms with Crippen LogP contribution in [0.5, 0.6) is 0 Å². The number of amides is 1. The lowest BCUT2D eigenvalue weighted by molar-refractivity contribution is -0.124. The van der Waals surface area contributed by atoms with Gasteiger partial charge in [0, 0.05) is 5.92 Å². The number of nitrogens with two attached hydrogens (primary N) is 1. The Labute approximate surface area is 92.9 Å². The van der Waals surface area contributed by atoms with Gasteiger partial charge in [0.05, 0.1) is 0 Å². The molecule has 1 aliphatic carbocycles. The minimum absolute atomic E-state index is 0.0190. The molecule has 4 unspecified atom stereocenters. The fourth-order valence-corrected chi connectivity index (χ4v) is 2.80. The number of carbonyl (C=O) groups excluding carboxylic acids is 1. The Kier molecular flexibility index (Phi) is 3.95. The van der Waals surface area contributed by atoms with Gasteiger partial charge in [-0.3, -0.25) is 4.79 Å². The van der Waals surface area contributed by atoms with Crippen LogP contribution in [-0.4, -0.2) is 5.91 Å². The highest BCUT2D eigenvalue weighted by molar-refractivity contribution is 5.76. The molecule has 1 rings (SSSR count). The average molecular weight is 209 g/mol. The van der Waals surface area contributed by atoms with Gasteiger partial charge in [-0.05, 0) is 37.5 Å². The third kappa shape index (κ3) is 2.83. The van der Waals surface area contributed by atoms with Gasteiger partial charge in [0.25, 0.3) is 0 Å². The first kappa shape index (κ1) is 12.3. The smallest absolute Gasteiger partial charge is 0.220 e. The van der Waals surface area contributed by atoms with E-state index in [1.807, 2.05) is 6.92 Å². The molecule has 0 aromatic heterocycles. The molecule has 0 aliphatic heterocycles. The standard InChI is InChI=1S/C13H23NO/c1-8(2)11-6-5-9(3)7-12(11)10(4)13(14)15/h9-12H,1,5-7H2,2-4H3,(H2,14,15). The first-order chi connectivity index (χ1) is 6.93. The van der Waals surface area contributed by atoms with Crippen molar-refractivity contribution in [2.24, 2.45) is 29.4 Å². The Morgan fingerprint density at radius 3 is 2.53 bits per heavy atom. The lowest BCUT2D eigenvalue weighted by atomic mass is 9.67. The van der Waals surface area contributed by atoms with E-state index in [0.29, 0.717) is 17.8 Å². The summed E-state index contributed by atoms with van der Waals surface area (Å²) in [6, 6.07) is 0. The number of allylic oxidation sites excluding steroid dienone is 1. The van der Waals surface area contributed by atoms with E-state index in [9.17, 15) is 4.79 Å². The summed E-state index contributed by atoms with van der Waals surface area (Å²) in [5.74, 6) is 1.43. The zero-order chi connectivity index (χ0) is 11.6. The molecule has 1 fully saturated rings. The molecule has 0 aromatic rings. The van der Waals surface area contributed by atoms with Crippen LogP contribution in [0.3, 0.4) is 0 Å². The van der Waals surface area contributed by atoms with Crippen LogP contribution in [-0.2, 0) is 4.79 Å². The van der Waals surface area contributed by atoms with Crippen molar-refractivity contribution in [2.75, 3.05) is 0 Å². The SMILES string of the molecule is C=C(C)C1CCC(C)CC1C(C)C(N)=O. The fourth-order valence-electron chi connectivity index (χ4n) is 2.80. The quantitative estimate of drug-likeness (QED) is 0.714. The lowest BCUT2D eigenvalue weighted by Crippen LogP contribution is -2.36. The van der Waals surface area contributed by atoms with E-state index >= 15 is 0 Å². The maximum atomic E-state index is 11.3. The molecule has 0 spiro atoms. The average Bonchev–Trinajstić information content (AvgIpc) is 2.15. The summed E-state index contributed by atoms with van der Waals surface area (Å²) in [4.78, 5) is 11.3. The molecule has 0 aromatic carbocycles. The highest BCUT2D eigenvalue weighted by atomic mass is 16.1. The summed E-state index contributed by atoms with van der Waals surface area (Å²) >= 11 is 0. The normalized spacial score (nSPS) is 33.4. The second kappa shape index (κ2) is 4.82. The molecule has 2 N–H and O–H groups in total. The van der Waals surface area contributed by atoms with Crippen LogP contribution in [0, 0.1) is 23.7 Å². The Hall–Kier alpha value is -0.790. The van der Waals surface area contributed by atoms with Crippen LogP contribution < -0.4 is 5.73 Å². The first-order valence-electron chi connectivity index (χ1n) is 5.88. The van der Waals surface area contributed by atoms with Gasteiger partial charge < -0.3 is 5.73 Å². The van der Waals surface area contributed by atoms with E-state index in [4.69, 9.17) is 5.73 Å². The van der Waals surface area contributed by atoms with E-state index in [-0.39, 0.29) is 11.8 Å². The minimum Gasteiger partial charge on any atom is -0.369 e. The predicted molar refractivity (Wildman–Crippen MR) is 63.2 cm³/mol. The van der Waals surface area contributed by atoms with Crippen molar-refractivity contribution in [3.63, 3.8) is 0 Å². The summed E-state index contributed by atoms with van der Waals surface area (Å²) in [5, 5.41) is 0. The second-order valence-corrected chi connectivity index (χ2v) is 5.23. The number of primary amides is 1. The predicted octanol–water partition coefficient (Wildman–Crippen LogP) is 2.74. The Morgan fingerprint density at radius 1 is 1.47 bits per heavy atom. The molecule has 1 amide bonds. The van der Waals surface area contributed by atoms with Gasteiger partial charge in [-0.2, -0.15) is 0 Å². The molecule has 86 valence electrons. The summed E-state index contributed by atoms with van der Waals surface area (Å²) < 4.78 is 0. The van der Waals surface area contributed by atoms with E-state index < -0.39 is 0 Å². The zero-order valence-electron chi connectivity index (χ0n) is 10.1. The molecule has 0 saturated heterocycles. The summed E-state index contributed by atoms with van der Waals surface area (Å²) in [5.41, 5.74) is 6.61. The number of hydrogen-bond donors (Lipinski definition) is 1. The van der Waals surface area contributed by atoms with Gasteiger partial charge in [-0.1, -0.05) is 32.4 Å². The largest absolute Gasteiger partial charge is 0.369 e. The molecule has 4 atom stereocenters. The van der Waals surface area contributed by atoms with Crippen LogP contribution >= 0.6 is 0 Å². The maximum absolute atomic E-state index is 11.3. The molecule has 0 heterocycles. The summed E-state index contributed by atoms with van der Waals surface area (Å²) in [6.07, 6.45) is 3.53. The van der Waals surface area contributed by atoms with Crippen molar-refractivity contribution in [1.82, 2.24) is 0 Å². The van der Waals surface area contributed by atoms with Gasteiger partial charge in [0.2, 0.25) is 5.91 Å². The Morgan fingerprint density at radius 2 is 2.07 bits per heavy atom. The monoisotopic (exact) mass is 209 g/mol. The fraction of sp³-hybridized carbons (Fsp3) is 0.769. The van der Waals surface area contributed by atoms with E-state index in [0.717, 1.165) is 6.42 Å². The number of carbonyl (C=O) groups is 1. The van der Waals surface area contributed by atoms with Crippen LogP contribution in [0.15, 0.2) is 12.2 Å². The van der Waals surface area contributed by atoms with Gasteiger partial charge in [-0.15, -0.1) is 0 Å². The van der Waals surface area contributed by atoms with Crippen LogP contribution in [0.25, 0.3) is 0 Å². The Balaban J connectivity index is 2.78. The zero-order valence-corrected chi connectivity index (χ0v) is 10.1. The minimum atomic E-state index is -0.166. The van der Waals surface area contributed by atoms with Gasteiger partial charge >= 0.3 is 0 Å². The van der Waals surface area contributed by atoms with Crippen LogP contribution in [0.1, 0.15) is 40.0 Å². The van der Waals surface area contributed by atoms with Gasteiger partial charge in [0.1, 0.15) is 0 Å². The second-order valence-electron chi connectivity index (χ2n) is 5.23. The number of hydrogen-bond acceptors (Lipinski definition) is 1. The highest BCUT2D eigenvalue weighted by Crippen LogP contribution is 2.41. The number of rotatable bonds is 3. The van der Waals surface area contributed by atoms with Gasteiger partial charge in [0.15, 0.2) is 0 Å². The first-order valence-corrected chi connectivity index (χ1v) is 5.88. The molecular formula is C13H23NO. The van der Waals surface area contributed by atoms with Crippen molar-refractivity contribution in [2.45, 2.75) is 40.0 Å². The third-order valence-electron chi connectivity index (χ3n) is 3.89. The molecule has 1 aliphatic rings. The van der Waals surface area contributed by atoms with Crippen molar-refractivity contribution >= 4 is 5.91 Å². The topological polar surface area (TPSA) is 43.1 Å². The van der Waals surface area contributed by atoms with Gasteiger partial charge in [-0.25, -0.2) is 0 Å². The molecule has 1 saturated carbocycles.